The van der Waals surface area contributed by atoms with Gasteiger partial charge < -0.3 is 11.1 Å². The predicted octanol–water partition coefficient (Wildman–Crippen LogP) is 2.73. The number of nitriles is 1. The minimum Gasteiger partial charge on any atom is -0.369 e. The van der Waals surface area contributed by atoms with Crippen LogP contribution in [0.4, 0.5) is 10.2 Å². The third kappa shape index (κ3) is 4.17. The average Bonchev–Trinajstić information content (AvgIpc) is 2.65. The van der Waals surface area contributed by atoms with Gasteiger partial charge in [0.1, 0.15) is 17.7 Å². The van der Waals surface area contributed by atoms with Gasteiger partial charge in [0.2, 0.25) is 5.91 Å². The van der Waals surface area contributed by atoms with Crippen molar-refractivity contribution in [2.45, 2.75) is 32.1 Å². The van der Waals surface area contributed by atoms with Crippen molar-refractivity contribution >= 4 is 11.7 Å². The van der Waals surface area contributed by atoms with E-state index in [1.165, 1.54) is 12.1 Å². The van der Waals surface area contributed by atoms with E-state index in [1.54, 1.807) is 12.1 Å². The van der Waals surface area contributed by atoms with Crippen molar-refractivity contribution in [2.75, 3.05) is 11.9 Å². The molecule has 6 heteroatoms. The summed E-state index contributed by atoms with van der Waals surface area (Å²) >= 11 is 0. The first-order chi connectivity index (χ1) is 12.6. The highest BCUT2D eigenvalue weighted by Gasteiger charge is 2.19. The highest BCUT2D eigenvalue weighted by atomic mass is 19.1. The fourth-order valence-corrected chi connectivity index (χ4v) is 3.25. The number of primary amides is 1. The summed E-state index contributed by atoms with van der Waals surface area (Å²) in [6.45, 7) is 0.271. The van der Waals surface area contributed by atoms with E-state index in [0.29, 0.717) is 17.8 Å². The van der Waals surface area contributed by atoms with E-state index in [1.807, 2.05) is 6.07 Å². The standard InChI is InChI=1S/C20H21FN4O/c21-17-7-5-13(6-8-17)9-16(19(23)26)12-24-20-15(11-22)10-14-3-1-2-4-18(14)25-20/h5-8,10,16H,1-4,9,12H2,(H2,23,26)(H,24,25). The number of pyridine rings is 1. The molecule has 0 aliphatic heterocycles. The predicted molar refractivity (Wildman–Crippen MR) is 96.9 cm³/mol. The number of nitrogens with zero attached hydrogens (tertiary/aromatic N) is 2. The Labute approximate surface area is 152 Å². The molecule has 134 valence electrons. The maximum Gasteiger partial charge on any atom is 0.222 e. The molecule has 0 saturated heterocycles. The van der Waals surface area contributed by atoms with Crippen LogP contribution in [0.3, 0.4) is 0 Å². The van der Waals surface area contributed by atoms with Crippen LogP contribution in [-0.2, 0) is 24.1 Å². The molecule has 1 heterocycles. The minimum absolute atomic E-state index is 0.271. The summed E-state index contributed by atoms with van der Waals surface area (Å²) in [4.78, 5) is 16.4. The molecule has 1 atom stereocenters. The Kier molecular flexibility index (Phi) is 5.47. The van der Waals surface area contributed by atoms with E-state index in [9.17, 15) is 14.4 Å². The van der Waals surface area contributed by atoms with Gasteiger partial charge in [-0.05, 0) is 61.4 Å². The van der Waals surface area contributed by atoms with E-state index >= 15 is 0 Å². The molecule has 1 unspecified atom stereocenters. The number of benzene rings is 1. The summed E-state index contributed by atoms with van der Waals surface area (Å²) in [5.74, 6) is -0.749. The van der Waals surface area contributed by atoms with Gasteiger partial charge >= 0.3 is 0 Å². The van der Waals surface area contributed by atoms with Crippen LogP contribution in [0.2, 0.25) is 0 Å². The Bertz CT molecular complexity index is 842. The van der Waals surface area contributed by atoms with Crippen LogP contribution in [0.1, 0.15) is 35.2 Å². The van der Waals surface area contributed by atoms with Gasteiger partial charge in [-0.3, -0.25) is 4.79 Å². The van der Waals surface area contributed by atoms with E-state index in [4.69, 9.17) is 5.73 Å². The second kappa shape index (κ2) is 7.96. The monoisotopic (exact) mass is 352 g/mol. The Morgan fingerprint density at radius 3 is 2.73 bits per heavy atom. The zero-order valence-electron chi connectivity index (χ0n) is 14.5. The number of hydrogen-bond donors (Lipinski definition) is 2. The van der Waals surface area contributed by atoms with Crippen molar-refractivity contribution in [3.63, 3.8) is 0 Å². The number of anilines is 1. The number of aromatic nitrogens is 1. The summed E-state index contributed by atoms with van der Waals surface area (Å²) in [6, 6.07) is 10.1. The molecule has 26 heavy (non-hydrogen) atoms. The molecule has 1 aromatic carbocycles. The SMILES string of the molecule is N#Cc1cc2c(nc1NCC(Cc1ccc(F)cc1)C(N)=O)CCCC2. The van der Waals surface area contributed by atoms with Gasteiger partial charge in [0.15, 0.2) is 0 Å². The number of carbonyl (C=O) groups excluding carboxylic acids is 1. The molecule has 1 aliphatic rings. The van der Waals surface area contributed by atoms with Crippen molar-refractivity contribution < 1.29 is 9.18 Å². The first-order valence-corrected chi connectivity index (χ1v) is 8.77. The maximum absolute atomic E-state index is 13.0. The Hall–Kier alpha value is -2.94. The van der Waals surface area contributed by atoms with Crippen LogP contribution in [0.15, 0.2) is 30.3 Å². The van der Waals surface area contributed by atoms with Crippen molar-refractivity contribution in [3.05, 3.63) is 58.5 Å². The van der Waals surface area contributed by atoms with E-state index in [-0.39, 0.29) is 12.4 Å². The van der Waals surface area contributed by atoms with Crippen LogP contribution < -0.4 is 11.1 Å². The third-order valence-corrected chi connectivity index (χ3v) is 4.73. The summed E-state index contributed by atoms with van der Waals surface area (Å²) in [5, 5.41) is 12.5. The molecule has 2 aromatic rings. The number of hydrogen-bond acceptors (Lipinski definition) is 4. The summed E-state index contributed by atoms with van der Waals surface area (Å²) in [5.41, 5.74) is 8.99. The molecule has 0 bridgehead atoms. The van der Waals surface area contributed by atoms with Gasteiger partial charge in [-0.2, -0.15) is 5.26 Å². The molecule has 1 aliphatic carbocycles. The number of rotatable bonds is 6. The quantitative estimate of drug-likeness (QED) is 0.836. The summed E-state index contributed by atoms with van der Waals surface area (Å²) in [7, 11) is 0. The average molecular weight is 352 g/mol. The normalized spacial score (nSPS) is 14.2. The zero-order chi connectivity index (χ0) is 18.5. The van der Waals surface area contributed by atoms with E-state index in [2.05, 4.69) is 16.4 Å². The molecule has 1 aromatic heterocycles. The first kappa shape index (κ1) is 17.9. The largest absolute Gasteiger partial charge is 0.369 e. The molecule has 1 amide bonds. The topological polar surface area (TPSA) is 91.8 Å². The number of nitrogens with two attached hydrogens (primary N) is 1. The fraction of sp³-hybridized carbons (Fsp3) is 0.350. The number of halogens is 1. The molecule has 0 fully saturated rings. The van der Waals surface area contributed by atoms with Gasteiger partial charge in [0.05, 0.1) is 11.5 Å². The molecule has 0 spiro atoms. The van der Waals surface area contributed by atoms with Gasteiger partial charge in [0.25, 0.3) is 0 Å². The Balaban J connectivity index is 1.74. The maximum atomic E-state index is 13.0. The van der Waals surface area contributed by atoms with Crippen LogP contribution in [0.25, 0.3) is 0 Å². The van der Waals surface area contributed by atoms with E-state index in [0.717, 1.165) is 42.5 Å². The molecular formula is C20H21FN4O. The van der Waals surface area contributed by atoms with Gasteiger partial charge in [-0.15, -0.1) is 0 Å². The van der Waals surface area contributed by atoms with Crippen LogP contribution in [-0.4, -0.2) is 17.4 Å². The molecule has 3 N–H and O–H groups in total. The third-order valence-electron chi connectivity index (χ3n) is 4.73. The van der Waals surface area contributed by atoms with Crippen LogP contribution >= 0.6 is 0 Å². The molecule has 0 saturated carbocycles. The summed E-state index contributed by atoms with van der Waals surface area (Å²) in [6.07, 6.45) is 4.47. The number of aryl methyl sites for hydroxylation is 2. The number of nitrogens with one attached hydrogen (secondary N) is 1. The van der Waals surface area contributed by atoms with Gasteiger partial charge in [-0.1, -0.05) is 12.1 Å². The molecule has 5 nitrogen and oxygen atoms in total. The molecular weight excluding hydrogens is 331 g/mol. The highest BCUT2D eigenvalue weighted by Crippen LogP contribution is 2.24. The van der Waals surface area contributed by atoms with Crippen LogP contribution in [0.5, 0.6) is 0 Å². The van der Waals surface area contributed by atoms with Crippen molar-refractivity contribution in [3.8, 4) is 6.07 Å². The van der Waals surface area contributed by atoms with Gasteiger partial charge in [-0.25, -0.2) is 9.37 Å². The first-order valence-electron chi connectivity index (χ1n) is 8.77. The Morgan fingerprint density at radius 2 is 2.04 bits per heavy atom. The fourth-order valence-electron chi connectivity index (χ4n) is 3.25. The van der Waals surface area contributed by atoms with Crippen LogP contribution in [0, 0.1) is 23.1 Å². The molecule has 3 rings (SSSR count). The highest BCUT2D eigenvalue weighted by molar-refractivity contribution is 5.77. The van der Waals surface area contributed by atoms with Crippen molar-refractivity contribution in [1.82, 2.24) is 4.98 Å². The number of amides is 1. The smallest absolute Gasteiger partial charge is 0.222 e. The lowest BCUT2D eigenvalue weighted by Crippen LogP contribution is -2.31. The van der Waals surface area contributed by atoms with Crippen molar-refractivity contribution in [1.29, 1.82) is 5.26 Å². The second-order valence-electron chi connectivity index (χ2n) is 6.62. The van der Waals surface area contributed by atoms with Crippen molar-refractivity contribution in [2.24, 2.45) is 11.7 Å². The van der Waals surface area contributed by atoms with Gasteiger partial charge in [0, 0.05) is 12.2 Å². The number of carbonyl (C=O) groups is 1. The molecule has 0 radical (unpaired) electrons. The lowest BCUT2D eigenvalue weighted by atomic mass is 9.94. The number of fused-ring (bicyclic) bond motifs is 1. The summed E-state index contributed by atoms with van der Waals surface area (Å²) < 4.78 is 13.0. The Morgan fingerprint density at radius 1 is 1.31 bits per heavy atom. The second-order valence-corrected chi connectivity index (χ2v) is 6.62. The lowest BCUT2D eigenvalue weighted by molar-refractivity contribution is -0.121. The zero-order valence-corrected chi connectivity index (χ0v) is 14.5. The minimum atomic E-state index is -0.482. The van der Waals surface area contributed by atoms with E-state index < -0.39 is 11.8 Å². The lowest BCUT2D eigenvalue weighted by Gasteiger charge is -2.19.